The molecule has 0 spiro atoms. The second kappa shape index (κ2) is 6.44. The van der Waals surface area contributed by atoms with Gasteiger partial charge in [0, 0.05) is 5.56 Å². The van der Waals surface area contributed by atoms with Crippen molar-refractivity contribution in [3.8, 4) is 17.2 Å². The van der Waals surface area contributed by atoms with Crippen LogP contribution in [0.3, 0.4) is 0 Å². The van der Waals surface area contributed by atoms with Crippen molar-refractivity contribution >= 4 is 0 Å². The normalized spacial score (nSPS) is 12.0. The van der Waals surface area contributed by atoms with Crippen LogP contribution < -0.4 is 9.47 Å². The molecule has 0 aliphatic carbocycles. The lowest BCUT2D eigenvalue weighted by Crippen LogP contribution is -1.97. The lowest BCUT2D eigenvalue weighted by Gasteiger charge is -2.15. The largest absolute Gasteiger partial charge is 0.493 e. The van der Waals surface area contributed by atoms with Crippen molar-refractivity contribution in [2.24, 2.45) is 0 Å². The summed E-state index contributed by atoms with van der Waals surface area (Å²) < 4.78 is 11.3. The number of hydrogen-bond acceptors (Lipinski definition) is 3. The third-order valence-electron chi connectivity index (χ3n) is 3.23. The van der Waals surface area contributed by atoms with E-state index >= 15 is 0 Å². The van der Waals surface area contributed by atoms with E-state index in [0.29, 0.717) is 17.2 Å². The number of hydrogen-bond donors (Lipinski definition) is 1. The van der Waals surface area contributed by atoms with E-state index in [1.54, 1.807) is 14.0 Å². The minimum absolute atomic E-state index is 0.577. The molecule has 0 unspecified atom stereocenters. The van der Waals surface area contributed by atoms with Crippen LogP contribution in [0.1, 0.15) is 31.1 Å². The Morgan fingerprint density at radius 2 is 1.80 bits per heavy atom. The van der Waals surface area contributed by atoms with Gasteiger partial charge in [-0.25, -0.2) is 0 Å². The Hall–Kier alpha value is -2.00. The summed E-state index contributed by atoms with van der Waals surface area (Å²) in [4.78, 5) is 0. The predicted octanol–water partition coefficient (Wildman–Crippen LogP) is 4.10. The molecule has 0 amide bonds. The fourth-order valence-corrected chi connectivity index (χ4v) is 2.05. The average Bonchev–Trinajstić information content (AvgIpc) is 2.48. The smallest absolute Gasteiger partial charge is 0.169 e. The van der Waals surface area contributed by atoms with E-state index in [9.17, 15) is 5.11 Å². The van der Waals surface area contributed by atoms with Gasteiger partial charge in [-0.2, -0.15) is 0 Å². The number of para-hydroxylation sites is 1. The first-order valence-electron chi connectivity index (χ1n) is 6.77. The van der Waals surface area contributed by atoms with Gasteiger partial charge >= 0.3 is 0 Å². The molecule has 0 saturated carbocycles. The maximum absolute atomic E-state index is 9.78. The van der Waals surface area contributed by atoms with Crippen LogP contribution in [0.5, 0.6) is 17.2 Å². The molecule has 2 rings (SSSR count). The molecule has 1 N–H and O–H groups in total. The van der Waals surface area contributed by atoms with Gasteiger partial charge in [-0.1, -0.05) is 31.2 Å². The van der Waals surface area contributed by atoms with Crippen LogP contribution in [0.4, 0.5) is 0 Å². The molecular formula is C17H20O3. The lowest BCUT2D eigenvalue weighted by molar-refractivity contribution is 0.195. The number of benzene rings is 2. The number of methoxy groups -OCH3 is 1. The van der Waals surface area contributed by atoms with Gasteiger partial charge in [0.05, 0.1) is 13.2 Å². The molecule has 0 saturated heterocycles. The number of ether oxygens (including phenoxy) is 2. The van der Waals surface area contributed by atoms with Gasteiger partial charge in [0.15, 0.2) is 11.5 Å². The van der Waals surface area contributed by atoms with Crippen LogP contribution in [-0.2, 0) is 6.42 Å². The average molecular weight is 272 g/mol. The van der Waals surface area contributed by atoms with Crippen molar-refractivity contribution in [2.75, 3.05) is 7.11 Å². The van der Waals surface area contributed by atoms with E-state index in [-0.39, 0.29) is 0 Å². The first-order valence-corrected chi connectivity index (χ1v) is 6.77. The van der Waals surface area contributed by atoms with Crippen molar-refractivity contribution < 1.29 is 14.6 Å². The van der Waals surface area contributed by atoms with Crippen LogP contribution in [0.2, 0.25) is 0 Å². The van der Waals surface area contributed by atoms with E-state index in [2.05, 4.69) is 6.92 Å². The van der Waals surface area contributed by atoms with Gasteiger partial charge in [-0.15, -0.1) is 0 Å². The molecule has 0 aliphatic heterocycles. The highest BCUT2D eigenvalue weighted by Crippen LogP contribution is 2.35. The summed E-state index contributed by atoms with van der Waals surface area (Å²) in [5.41, 5.74) is 1.95. The molecule has 2 aromatic carbocycles. The SMILES string of the molecule is CCc1ccc(Oc2ccccc2[C@H](C)O)c(OC)c1. The zero-order valence-electron chi connectivity index (χ0n) is 12.1. The Balaban J connectivity index is 2.35. The fraction of sp³-hybridized carbons (Fsp3) is 0.294. The van der Waals surface area contributed by atoms with Crippen molar-refractivity contribution in [1.82, 2.24) is 0 Å². The quantitative estimate of drug-likeness (QED) is 0.890. The number of rotatable bonds is 5. The summed E-state index contributed by atoms with van der Waals surface area (Å²) in [7, 11) is 1.63. The second-order valence-corrected chi connectivity index (χ2v) is 4.65. The Bertz CT molecular complexity index is 576. The highest BCUT2D eigenvalue weighted by Gasteiger charge is 2.12. The summed E-state index contributed by atoms with van der Waals surface area (Å²) in [5.74, 6) is 1.99. The number of aryl methyl sites for hydroxylation is 1. The molecule has 3 nitrogen and oxygen atoms in total. The molecule has 1 atom stereocenters. The number of aliphatic hydroxyl groups is 1. The van der Waals surface area contributed by atoms with E-state index < -0.39 is 6.10 Å². The third-order valence-corrected chi connectivity index (χ3v) is 3.23. The summed E-state index contributed by atoms with van der Waals surface area (Å²) in [6.45, 7) is 3.82. The van der Waals surface area contributed by atoms with Crippen LogP contribution in [0.15, 0.2) is 42.5 Å². The van der Waals surface area contributed by atoms with E-state index in [0.717, 1.165) is 12.0 Å². The number of aliphatic hydroxyl groups excluding tert-OH is 1. The van der Waals surface area contributed by atoms with Gasteiger partial charge in [0.1, 0.15) is 5.75 Å². The van der Waals surface area contributed by atoms with Crippen LogP contribution in [0, 0.1) is 0 Å². The van der Waals surface area contributed by atoms with Crippen molar-refractivity contribution in [2.45, 2.75) is 26.4 Å². The maximum atomic E-state index is 9.78. The topological polar surface area (TPSA) is 38.7 Å². The molecule has 0 fully saturated rings. The monoisotopic (exact) mass is 272 g/mol. The Morgan fingerprint density at radius 1 is 1.05 bits per heavy atom. The van der Waals surface area contributed by atoms with E-state index in [1.807, 2.05) is 42.5 Å². The lowest BCUT2D eigenvalue weighted by atomic mass is 10.1. The molecule has 2 aromatic rings. The Morgan fingerprint density at radius 3 is 2.45 bits per heavy atom. The minimum Gasteiger partial charge on any atom is -0.493 e. The molecule has 0 bridgehead atoms. The third kappa shape index (κ3) is 3.11. The maximum Gasteiger partial charge on any atom is 0.169 e. The van der Waals surface area contributed by atoms with Gasteiger partial charge in [0.2, 0.25) is 0 Å². The standard InChI is InChI=1S/C17H20O3/c1-4-13-9-10-16(17(11-13)19-3)20-15-8-6-5-7-14(15)12(2)18/h5-12,18H,4H2,1-3H3/t12-/m0/s1. The van der Waals surface area contributed by atoms with Gasteiger partial charge in [0.25, 0.3) is 0 Å². The molecular weight excluding hydrogens is 252 g/mol. The minimum atomic E-state index is -0.577. The zero-order valence-corrected chi connectivity index (χ0v) is 12.1. The molecule has 0 aromatic heterocycles. The van der Waals surface area contributed by atoms with Gasteiger partial charge in [-0.3, -0.25) is 0 Å². The Kier molecular flexibility index (Phi) is 4.64. The zero-order chi connectivity index (χ0) is 14.5. The first kappa shape index (κ1) is 14.4. The van der Waals surface area contributed by atoms with E-state index in [1.165, 1.54) is 5.56 Å². The predicted molar refractivity (Wildman–Crippen MR) is 79.5 cm³/mol. The van der Waals surface area contributed by atoms with Gasteiger partial charge < -0.3 is 14.6 Å². The molecule has 0 heterocycles. The van der Waals surface area contributed by atoms with E-state index in [4.69, 9.17) is 9.47 Å². The van der Waals surface area contributed by atoms with Crippen LogP contribution in [-0.4, -0.2) is 12.2 Å². The van der Waals surface area contributed by atoms with Crippen LogP contribution >= 0.6 is 0 Å². The Labute approximate surface area is 119 Å². The molecule has 0 radical (unpaired) electrons. The molecule has 0 aliphatic rings. The van der Waals surface area contributed by atoms with Crippen molar-refractivity contribution in [1.29, 1.82) is 0 Å². The first-order chi connectivity index (χ1) is 9.65. The molecule has 106 valence electrons. The highest BCUT2D eigenvalue weighted by atomic mass is 16.5. The summed E-state index contributed by atoms with van der Waals surface area (Å²) in [5, 5.41) is 9.78. The summed E-state index contributed by atoms with van der Waals surface area (Å²) in [6.07, 6.45) is 0.369. The van der Waals surface area contributed by atoms with Crippen molar-refractivity contribution in [3.05, 3.63) is 53.6 Å². The fourth-order valence-electron chi connectivity index (χ4n) is 2.05. The molecule has 20 heavy (non-hydrogen) atoms. The van der Waals surface area contributed by atoms with Crippen molar-refractivity contribution in [3.63, 3.8) is 0 Å². The summed E-state index contributed by atoms with van der Waals surface area (Å²) >= 11 is 0. The van der Waals surface area contributed by atoms with Crippen LogP contribution in [0.25, 0.3) is 0 Å². The highest BCUT2D eigenvalue weighted by molar-refractivity contribution is 5.47. The second-order valence-electron chi connectivity index (χ2n) is 4.65. The summed E-state index contributed by atoms with van der Waals surface area (Å²) in [6, 6.07) is 13.3. The van der Waals surface area contributed by atoms with Gasteiger partial charge in [-0.05, 0) is 37.1 Å². The molecule has 3 heteroatoms.